The van der Waals surface area contributed by atoms with Gasteiger partial charge < -0.3 is 53.2 Å². The second-order valence-corrected chi connectivity index (χ2v) is 2.51. The predicted molar refractivity (Wildman–Crippen MR) is 63.7 cm³/mol. The second kappa shape index (κ2) is 37.1. The molecule has 0 aliphatic carbocycles. The van der Waals surface area contributed by atoms with E-state index in [1.807, 2.05) is 0 Å². The molecule has 0 unspecified atom stereocenters. The molecule has 13 heavy (non-hydrogen) atoms. The van der Waals surface area contributed by atoms with Gasteiger partial charge in [-0.05, 0) is 0 Å². The topological polar surface area (TPSA) is 60.7 Å². The molecule has 0 aromatic heterocycles. The first-order valence-corrected chi connectivity index (χ1v) is 5.05. The minimum atomic E-state index is 0. The van der Waals surface area contributed by atoms with Crippen molar-refractivity contribution < 1.29 is 15.3 Å². The van der Waals surface area contributed by atoms with Crippen LogP contribution in [0.2, 0.25) is 0 Å². The van der Waals surface area contributed by atoms with E-state index in [1.165, 1.54) is 0 Å². The van der Waals surface area contributed by atoms with Crippen molar-refractivity contribution in [3.8, 4) is 0 Å². The van der Waals surface area contributed by atoms with Gasteiger partial charge in [-0.2, -0.15) is 17.3 Å². The third-order valence-electron chi connectivity index (χ3n) is 0.274. The maximum atomic E-state index is 7.77. The van der Waals surface area contributed by atoms with Gasteiger partial charge in [0.25, 0.3) is 0 Å². The Kier molecular flexibility index (Phi) is 69.1. The molecule has 0 heterocycles. The summed E-state index contributed by atoms with van der Waals surface area (Å²) in [6.45, 7) is 0.403. The molecule has 7 heteroatoms. The van der Waals surface area contributed by atoms with Crippen molar-refractivity contribution in [2.24, 2.45) is 0 Å². The minimum Gasteiger partial charge on any atom is -0.790 e. The van der Waals surface area contributed by atoms with Gasteiger partial charge in [0.1, 0.15) is 0 Å². The SMILES string of the molecule is OCC[S-].OCC[S-].OCC[S-].[Bi+3]. The van der Waals surface area contributed by atoms with Gasteiger partial charge in [-0.3, -0.25) is 0 Å². The van der Waals surface area contributed by atoms with E-state index in [1.54, 1.807) is 0 Å². The maximum Gasteiger partial charge on any atom is 3.00 e. The number of aliphatic hydroxyl groups is 3. The van der Waals surface area contributed by atoms with Gasteiger partial charge in [0.05, 0.1) is 0 Å². The van der Waals surface area contributed by atoms with E-state index in [-0.39, 0.29) is 46.0 Å². The number of rotatable bonds is 3. The van der Waals surface area contributed by atoms with E-state index in [2.05, 4.69) is 37.9 Å². The average molecular weight is 440 g/mol. The summed E-state index contributed by atoms with van der Waals surface area (Å²) >= 11 is 12.9. The van der Waals surface area contributed by atoms with Crippen molar-refractivity contribution in [1.82, 2.24) is 0 Å². The monoisotopic (exact) mass is 440 g/mol. The average Bonchev–Trinajstić information content (AvgIpc) is 2.18. The Balaban J connectivity index is -0.0000000450. The van der Waals surface area contributed by atoms with Crippen molar-refractivity contribution >= 4 is 64.1 Å². The van der Waals surface area contributed by atoms with Crippen LogP contribution in [0.15, 0.2) is 0 Å². The zero-order valence-corrected chi connectivity index (χ0v) is 13.2. The molecule has 2 radical (unpaired) electrons. The van der Waals surface area contributed by atoms with Crippen LogP contribution in [0, 0.1) is 0 Å². The molecule has 0 rings (SSSR count). The Bertz CT molecular complexity index is 38.6. The van der Waals surface area contributed by atoms with Gasteiger partial charge in [-0.25, -0.2) is 0 Å². The standard InChI is InChI=1S/3C2H6OS.Bi/c3*3-1-2-4;/h3*3-4H,1-2H2;/q;;;+3/p-3. The van der Waals surface area contributed by atoms with Crippen LogP contribution < -0.4 is 0 Å². The fraction of sp³-hybridized carbons (Fsp3) is 1.00. The normalized spacial score (nSPS) is 6.92. The first-order valence-electron chi connectivity index (χ1n) is 3.31. The van der Waals surface area contributed by atoms with Crippen LogP contribution in [0.3, 0.4) is 0 Å². The molecular formula is C6H15BiO3S3. The van der Waals surface area contributed by atoms with E-state index in [0.29, 0.717) is 17.3 Å². The van der Waals surface area contributed by atoms with Crippen molar-refractivity contribution in [3.05, 3.63) is 0 Å². The van der Waals surface area contributed by atoms with Gasteiger partial charge >= 0.3 is 26.2 Å². The Labute approximate surface area is 116 Å². The molecule has 0 amide bonds. The van der Waals surface area contributed by atoms with Gasteiger partial charge in [-0.15, -0.1) is 0 Å². The first kappa shape index (κ1) is 24.2. The molecule has 0 aromatic rings. The van der Waals surface area contributed by atoms with E-state index in [4.69, 9.17) is 15.3 Å². The summed E-state index contributed by atoms with van der Waals surface area (Å²) in [5.74, 6) is 1.38. The third-order valence-corrected chi connectivity index (χ3v) is 0.822. The number of hydrogen-bond acceptors (Lipinski definition) is 6. The number of hydrogen-bond donors (Lipinski definition) is 3. The third kappa shape index (κ3) is 83.2. The molecule has 0 saturated carbocycles. The molecule has 0 atom stereocenters. The fourth-order valence-corrected chi connectivity index (χ4v) is 0. The molecule has 0 aliphatic heterocycles. The molecule has 3 N–H and O–H groups in total. The summed E-state index contributed by atoms with van der Waals surface area (Å²) in [6, 6.07) is 0. The zero-order valence-electron chi connectivity index (χ0n) is 7.26. The van der Waals surface area contributed by atoms with Crippen LogP contribution in [-0.2, 0) is 37.9 Å². The Morgan fingerprint density at radius 2 is 0.692 bits per heavy atom. The predicted octanol–water partition coefficient (Wildman–Crippen LogP) is -1.80. The summed E-state index contributed by atoms with van der Waals surface area (Å²) in [5.41, 5.74) is 0. The molecule has 0 fully saturated rings. The van der Waals surface area contributed by atoms with Crippen LogP contribution in [0.5, 0.6) is 0 Å². The molecule has 0 spiro atoms. The molecule has 0 bridgehead atoms. The number of aliphatic hydroxyl groups excluding tert-OH is 3. The Hall–Kier alpha value is 1.81. The fourth-order valence-electron chi connectivity index (χ4n) is 0. The molecule has 80 valence electrons. The zero-order chi connectivity index (χ0) is 10.2. The quantitative estimate of drug-likeness (QED) is 0.356. The Morgan fingerprint density at radius 1 is 0.615 bits per heavy atom. The van der Waals surface area contributed by atoms with Gasteiger partial charge in [0.15, 0.2) is 0 Å². The summed E-state index contributed by atoms with van der Waals surface area (Å²) in [4.78, 5) is 0. The molecule has 3 nitrogen and oxygen atoms in total. The van der Waals surface area contributed by atoms with Crippen molar-refractivity contribution in [2.75, 3.05) is 37.1 Å². The maximum absolute atomic E-state index is 7.77. The van der Waals surface area contributed by atoms with Crippen LogP contribution in [0.1, 0.15) is 0 Å². The largest absolute Gasteiger partial charge is 3.00 e. The van der Waals surface area contributed by atoms with Crippen LogP contribution in [0.25, 0.3) is 0 Å². The first-order chi connectivity index (χ1) is 5.74. The van der Waals surface area contributed by atoms with Gasteiger partial charge in [0.2, 0.25) is 0 Å². The molecule has 0 aromatic carbocycles. The van der Waals surface area contributed by atoms with Crippen LogP contribution >= 0.6 is 0 Å². The van der Waals surface area contributed by atoms with Crippen molar-refractivity contribution in [3.63, 3.8) is 0 Å². The van der Waals surface area contributed by atoms with E-state index >= 15 is 0 Å². The summed E-state index contributed by atoms with van der Waals surface area (Å²) < 4.78 is 0. The van der Waals surface area contributed by atoms with E-state index in [0.717, 1.165) is 0 Å². The van der Waals surface area contributed by atoms with Crippen LogP contribution in [-0.4, -0.2) is 78.6 Å². The molecule has 0 aliphatic rings. The van der Waals surface area contributed by atoms with E-state index in [9.17, 15) is 0 Å². The summed E-state index contributed by atoms with van der Waals surface area (Å²) in [6.07, 6.45) is 0. The van der Waals surface area contributed by atoms with Gasteiger partial charge in [0, 0.05) is 19.8 Å². The Morgan fingerprint density at radius 3 is 0.692 bits per heavy atom. The van der Waals surface area contributed by atoms with E-state index < -0.39 is 0 Å². The van der Waals surface area contributed by atoms with Crippen LogP contribution in [0.4, 0.5) is 0 Å². The van der Waals surface area contributed by atoms with Crippen molar-refractivity contribution in [1.29, 1.82) is 0 Å². The summed E-state index contributed by atoms with van der Waals surface area (Å²) in [5, 5.41) is 23.3. The minimum absolute atomic E-state index is 0. The van der Waals surface area contributed by atoms with Gasteiger partial charge in [-0.1, -0.05) is 0 Å². The molecule has 0 saturated heterocycles. The summed E-state index contributed by atoms with van der Waals surface area (Å²) in [7, 11) is 0. The van der Waals surface area contributed by atoms with Crippen molar-refractivity contribution in [2.45, 2.75) is 0 Å². The second-order valence-electron chi connectivity index (χ2n) is 1.28. The smallest absolute Gasteiger partial charge is 0.790 e. The molecular weight excluding hydrogens is 425 g/mol.